The van der Waals surface area contributed by atoms with Gasteiger partial charge < -0.3 is 10.2 Å². The zero-order valence-corrected chi connectivity index (χ0v) is 21.7. The molecule has 5 aliphatic heterocycles. The molecule has 6 bridgehead atoms. The third kappa shape index (κ3) is 4.69. The summed E-state index contributed by atoms with van der Waals surface area (Å²) < 4.78 is 1.12. The van der Waals surface area contributed by atoms with Gasteiger partial charge in [-0.2, -0.15) is 0 Å². The molecule has 9 rings (SSSR count). The van der Waals surface area contributed by atoms with Gasteiger partial charge in [0.05, 0.1) is 6.61 Å². The van der Waals surface area contributed by atoms with Crippen molar-refractivity contribution in [1.82, 2.24) is 9.80 Å². The molecular weight excluding hydrogens is 464 g/mol. The Kier molecular flexibility index (Phi) is 6.57. The SMILES string of the molecule is CC1C2CCN(Cc3ccc(cc3)Cc3c(sc4cc(O)ccc34)-c3ccc(cc3)CN1CCO)C2. The van der Waals surface area contributed by atoms with Gasteiger partial charge in [-0.3, -0.25) is 9.80 Å². The van der Waals surface area contributed by atoms with E-state index in [-0.39, 0.29) is 6.61 Å². The Hall–Kier alpha value is -2.70. The summed E-state index contributed by atoms with van der Waals surface area (Å²) in [6, 6.07) is 24.3. The highest BCUT2D eigenvalue weighted by molar-refractivity contribution is 7.22. The average Bonchev–Trinajstić information content (AvgIpc) is 3.49. The maximum Gasteiger partial charge on any atom is 0.117 e. The number of aromatic hydroxyl groups is 1. The molecule has 6 heterocycles. The summed E-state index contributed by atoms with van der Waals surface area (Å²) in [5.41, 5.74) is 6.52. The van der Waals surface area contributed by atoms with Crippen molar-refractivity contribution in [3.63, 3.8) is 0 Å². The highest BCUT2D eigenvalue weighted by atomic mass is 32.1. The van der Waals surface area contributed by atoms with Crippen molar-refractivity contribution in [2.24, 2.45) is 5.92 Å². The molecule has 1 fully saturated rings. The van der Waals surface area contributed by atoms with E-state index in [4.69, 9.17) is 0 Å². The quantitative estimate of drug-likeness (QED) is 0.362. The molecule has 0 radical (unpaired) electrons. The molecule has 36 heavy (non-hydrogen) atoms. The number of thiophene rings is 1. The Morgan fingerprint density at radius 1 is 0.917 bits per heavy atom. The molecule has 4 aromatic rings. The molecule has 0 spiro atoms. The van der Waals surface area contributed by atoms with Crippen molar-refractivity contribution < 1.29 is 10.2 Å². The number of hydrogen-bond acceptors (Lipinski definition) is 5. The minimum absolute atomic E-state index is 0.184. The molecular formula is C31H34N2O2S. The molecule has 0 saturated carbocycles. The number of fused-ring (bicyclic) bond motifs is 1. The van der Waals surface area contributed by atoms with Gasteiger partial charge in [0, 0.05) is 41.8 Å². The maximum absolute atomic E-state index is 10.1. The Morgan fingerprint density at radius 3 is 2.42 bits per heavy atom. The van der Waals surface area contributed by atoms with Gasteiger partial charge in [-0.05, 0) is 83.6 Å². The molecule has 4 nitrogen and oxygen atoms in total. The smallest absolute Gasteiger partial charge is 0.117 e. The van der Waals surface area contributed by atoms with Gasteiger partial charge in [-0.1, -0.05) is 48.5 Å². The van der Waals surface area contributed by atoms with Crippen LogP contribution in [0.4, 0.5) is 0 Å². The second-order valence-electron chi connectivity index (χ2n) is 10.5. The van der Waals surface area contributed by atoms with Crippen LogP contribution in [-0.4, -0.2) is 52.3 Å². The Bertz CT molecular complexity index is 1350. The summed E-state index contributed by atoms with van der Waals surface area (Å²) in [5, 5.41) is 21.1. The number of aliphatic hydroxyl groups is 1. The predicted octanol–water partition coefficient (Wildman–Crippen LogP) is 5.88. The number of phenols is 1. The Labute approximate surface area is 217 Å². The molecule has 2 N–H and O–H groups in total. The third-order valence-electron chi connectivity index (χ3n) is 8.14. The molecule has 0 amide bonds. The fourth-order valence-corrected chi connectivity index (χ4v) is 7.28. The maximum atomic E-state index is 10.1. The van der Waals surface area contributed by atoms with Crippen molar-refractivity contribution in [1.29, 1.82) is 0 Å². The van der Waals surface area contributed by atoms with E-state index in [9.17, 15) is 10.2 Å². The number of aliphatic hydroxyl groups excluding tert-OH is 1. The number of hydrogen-bond donors (Lipinski definition) is 2. The average molecular weight is 499 g/mol. The Balaban J connectivity index is 1.44. The van der Waals surface area contributed by atoms with Crippen LogP contribution in [0.3, 0.4) is 0 Å². The molecule has 5 heteroatoms. The molecule has 0 aliphatic carbocycles. The highest BCUT2D eigenvalue weighted by Crippen LogP contribution is 2.41. The molecule has 5 aliphatic rings. The van der Waals surface area contributed by atoms with Crippen molar-refractivity contribution in [3.05, 3.63) is 89.0 Å². The van der Waals surface area contributed by atoms with Crippen LogP contribution >= 0.6 is 11.3 Å². The lowest BCUT2D eigenvalue weighted by atomic mass is 9.96. The van der Waals surface area contributed by atoms with E-state index in [1.54, 1.807) is 17.4 Å². The molecule has 186 valence electrons. The van der Waals surface area contributed by atoms with E-state index in [2.05, 4.69) is 71.3 Å². The minimum atomic E-state index is 0.184. The van der Waals surface area contributed by atoms with E-state index < -0.39 is 0 Å². The van der Waals surface area contributed by atoms with Gasteiger partial charge in [0.25, 0.3) is 0 Å². The fourth-order valence-electron chi connectivity index (χ4n) is 6.02. The monoisotopic (exact) mass is 498 g/mol. The van der Waals surface area contributed by atoms with Crippen LogP contribution in [0.2, 0.25) is 0 Å². The predicted molar refractivity (Wildman–Crippen MR) is 149 cm³/mol. The van der Waals surface area contributed by atoms with E-state index in [0.717, 1.165) is 37.3 Å². The summed E-state index contributed by atoms with van der Waals surface area (Å²) >= 11 is 1.76. The van der Waals surface area contributed by atoms with Crippen LogP contribution in [0.15, 0.2) is 66.7 Å². The number of benzene rings is 3. The first-order chi connectivity index (χ1) is 17.6. The van der Waals surface area contributed by atoms with E-state index >= 15 is 0 Å². The van der Waals surface area contributed by atoms with E-state index in [1.807, 2.05) is 6.07 Å². The third-order valence-corrected chi connectivity index (χ3v) is 9.39. The lowest BCUT2D eigenvalue weighted by Crippen LogP contribution is -2.40. The van der Waals surface area contributed by atoms with Crippen LogP contribution < -0.4 is 0 Å². The first kappa shape index (κ1) is 23.7. The van der Waals surface area contributed by atoms with Crippen molar-refractivity contribution in [2.45, 2.75) is 38.9 Å². The van der Waals surface area contributed by atoms with Crippen molar-refractivity contribution >= 4 is 21.4 Å². The summed E-state index contributed by atoms with van der Waals surface area (Å²) in [6.07, 6.45) is 2.08. The van der Waals surface area contributed by atoms with Gasteiger partial charge in [0.2, 0.25) is 0 Å². The van der Waals surface area contributed by atoms with Crippen LogP contribution in [0.25, 0.3) is 20.5 Å². The number of nitrogens with zero attached hydrogens (tertiary/aromatic N) is 2. The number of phenolic OH excluding ortho intramolecular Hbond substituents is 1. The molecule has 3 unspecified atom stereocenters. The summed E-state index contributed by atoms with van der Waals surface area (Å²) in [7, 11) is 0. The van der Waals surface area contributed by atoms with E-state index in [0.29, 0.717) is 24.3 Å². The standard InChI is InChI=1S/C31H34N2O2S/c1-21-26-12-13-32(20-26)18-23-4-2-22(3-5-23)16-29-28-11-10-27(35)17-30(28)36-31(29)25-8-6-24(7-9-25)19-33(21)14-15-34/h2-11,17,21,26,34-35H,12-16,18-20H2,1H3. The van der Waals surface area contributed by atoms with Crippen molar-refractivity contribution in [3.8, 4) is 16.2 Å². The molecule has 1 saturated heterocycles. The summed E-state index contributed by atoms with van der Waals surface area (Å²) in [5.74, 6) is 0.931. The van der Waals surface area contributed by atoms with Crippen LogP contribution in [0, 0.1) is 5.92 Å². The first-order valence-electron chi connectivity index (χ1n) is 13.1. The highest BCUT2D eigenvalue weighted by Gasteiger charge is 2.30. The largest absolute Gasteiger partial charge is 0.508 e. The topological polar surface area (TPSA) is 46.9 Å². The Morgan fingerprint density at radius 2 is 1.64 bits per heavy atom. The van der Waals surface area contributed by atoms with Crippen LogP contribution in [0.1, 0.15) is 35.6 Å². The molecule has 3 atom stereocenters. The summed E-state index contributed by atoms with van der Waals surface area (Å²) in [6.45, 7) is 7.32. The van der Waals surface area contributed by atoms with Gasteiger partial charge in [0.1, 0.15) is 5.75 Å². The van der Waals surface area contributed by atoms with Gasteiger partial charge in [-0.15, -0.1) is 11.3 Å². The van der Waals surface area contributed by atoms with Gasteiger partial charge in [0.15, 0.2) is 0 Å². The van der Waals surface area contributed by atoms with Crippen molar-refractivity contribution in [2.75, 3.05) is 26.2 Å². The minimum Gasteiger partial charge on any atom is -0.508 e. The number of rotatable bonds is 2. The molecule has 1 aromatic heterocycles. The molecule has 3 aromatic carbocycles. The zero-order chi connectivity index (χ0) is 24.6. The van der Waals surface area contributed by atoms with E-state index in [1.165, 1.54) is 44.5 Å². The lowest BCUT2D eigenvalue weighted by molar-refractivity contribution is 0.115. The lowest BCUT2D eigenvalue weighted by Gasteiger charge is -2.33. The first-order valence-corrected chi connectivity index (χ1v) is 13.9. The normalized spacial score (nSPS) is 22.6. The second kappa shape index (κ2) is 9.98. The summed E-state index contributed by atoms with van der Waals surface area (Å²) in [4.78, 5) is 6.31. The van der Waals surface area contributed by atoms with Gasteiger partial charge in [-0.25, -0.2) is 0 Å². The fraction of sp³-hybridized carbons (Fsp3) is 0.355. The van der Waals surface area contributed by atoms with Gasteiger partial charge >= 0.3 is 0 Å². The van der Waals surface area contributed by atoms with Crippen LogP contribution in [0.5, 0.6) is 5.75 Å². The zero-order valence-electron chi connectivity index (χ0n) is 20.9. The van der Waals surface area contributed by atoms with Crippen LogP contribution in [-0.2, 0) is 19.5 Å². The second-order valence-corrected chi connectivity index (χ2v) is 11.6.